The lowest BCUT2D eigenvalue weighted by molar-refractivity contribution is 0.157. The number of hydrogen-bond donors (Lipinski definition) is 2. The second-order valence-corrected chi connectivity index (χ2v) is 9.64. The van der Waals surface area contributed by atoms with E-state index < -0.39 is 10.0 Å². The summed E-state index contributed by atoms with van der Waals surface area (Å²) in [5.74, 6) is 0.382. The molecule has 0 aliphatic carbocycles. The van der Waals surface area contributed by atoms with Crippen molar-refractivity contribution in [3.05, 3.63) is 23.8 Å². The van der Waals surface area contributed by atoms with Gasteiger partial charge in [0.2, 0.25) is 10.0 Å². The van der Waals surface area contributed by atoms with E-state index in [-0.39, 0.29) is 22.0 Å². The highest BCUT2D eigenvalue weighted by Gasteiger charge is 2.39. The van der Waals surface area contributed by atoms with E-state index in [1.54, 1.807) is 12.1 Å². The third-order valence-electron chi connectivity index (χ3n) is 4.44. The molecule has 1 heterocycles. The van der Waals surface area contributed by atoms with Gasteiger partial charge in [-0.05, 0) is 64.7 Å². The van der Waals surface area contributed by atoms with Crippen LogP contribution in [0.2, 0.25) is 0 Å². The fraction of sp³-hybridized carbons (Fsp3) is 0.667. The fourth-order valence-corrected chi connectivity index (χ4v) is 5.29. The van der Waals surface area contributed by atoms with Crippen LogP contribution in [0.3, 0.4) is 0 Å². The van der Waals surface area contributed by atoms with Gasteiger partial charge in [-0.1, -0.05) is 13.0 Å². The van der Waals surface area contributed by atoms with Crippen LogP contribution in [-0.4, -0.2) is 32.6 Å². The molecule has 0 unspecified atom stereocenters. The van der Waals surface area contributed by atoms with Gasteiger partial charge in [-0.25, -0.2) is 13.1 Å². The highest BCUT2D eigenvalue weighted by molar-refractivity contribution is 7.89. The largest absolute Gasteiger partial charge is 0.495 e. The number of sulfonamides is 1. The zero-order valence-electron chi connectivity index (χ0n) is 15.6. The maximum absolute atomic E-state index is 13.0. The van der Waals surface area contributed by atoms with Crippen LogP contribution in [-0.2, 0) is 16.4 Å². The van der Waals surface area contributed by atoms with Gasteiger partial charge in [0.15, 0.2) is 0 Å². The van der Waals surface area contributed by atoms with E-state index in [1.165, 1.54) is 7.11 Å². The smallest absolute Gasteiger partial charge is 0.244 e. The van der Waals surface area contributed by atoms with Crippen molar-refractivity contribution in [2.75, 3.05) is 7.11 Å². The number of ether oxygens (including phenoxy) is 1. The molecule has 136 valence electrons. The van der Waals surface area contributed by atoms with Crippen LogP contribution in [0.4, 0.5) is 0 Å². The van der Waals surface area contributed by atoms with Crippen LogP contribution in [0, 0.1) is 0 Å². The van der Waals surface area contributed by atoms with Gasteiger partial charge in [0.05, 0.1) is 7.11 Å². The van der Waals surface area contributed by atoms with E-state index in [0.717, 1.165) is 24.8 Å². The first-order valence-electron chi connectivity index (χ1n) is 8.46. The Morgan fingerprint density at radius 1 is 1.21 bits per heavy atom. The molecule has 1 aliphatic heterocycles. The first-order valence-corrected chi connectivity index (χ1v) is 9.95. The Labute approximate surface area is 146 Å². The summed E-state index contributed by atoms with van der Waals surface area (Å²) in [6, 6.07) is 5.22. The molecule has 0 atom stereocenters. The number of nitrogens with one attached hydrogen (secondary N) is 2. The molecule has 1 aromatic carbocycles. The number of benzene rings is 1. The highest BCUT2D eigenvalue weighted by Crippen LogP contribution is 2.31. The van der Waals surface area contributed by atoms with Crippen LogP contribution in [0.5, 0.6) is 5.75 Å². The first-order chi connectivity index (χ1) is 11.0. The lowest BCUT2D eigenvalue weighted by Crippen LogP contribution is -2.62. The van der Waals surface area contributed by atoms with Gasteiger partial charge >= 0.3 is 0 Å². The summed E-state index contributed by atoms with van der Waals surface area (Å²) in [4.78, 5) is 0.221. The summed E-state index contributed by atoms with van der Waals surface area (Å²) in [6.07, 6.45) is 2.26. The zero-order chi connectivity index (χ0) is 18.2. The van der Waals surface area contributed by atoms with E-state index in [4.69, 9.17) is 4.74 Å². The summed E-state index contributed by atoms with van der Waals surface area (Å²) in [7, 11) is -2.14. The second-order valence-electron chi connectivity index (χ2n) is 7.96. The van der Waals surface area contributed by atoms with Gasteiger partial charge in [0.1, 0.15) is 10.6 Å². The average Bonchev–Trinajstić information content (AvgIpc) is 2.42. The van der Waals surface area contributed by atoms with Gasteiger partial charge in [-0.15, -0.1) is 0 Å². The molecule has 0 bridgehead atoms. The Kier molecular flexibility index (Phi) is 5.33. The molecule has 24 heavy (non-hydrogen) atoms. The summed E-state index contributed by atoms with van der Waals surface area (Å²) in [6.45, 7) is 10.4. The molecule has 6 heteroatoms. The molecule has 1 aliphatic rings. The maximum atomic E-state index is 13.0. The van der Waals surface area contributed by atoms with Crippen molar-refractivity contribution in [2.45, 2.75) is 75.9 Å². The van der Waals surface area contributed by atoms with Crippen LogP contribution in [0.15, 0.2) is 23.1 Å². The highest BCUT2D eigenvalue weighted by atomic mass is 32.2. The van der Waals surface area contributed by atoms with Gasteiger partial charge in [-0.3, -0.25) is 0 Å². The Balaban J connectivity index is 2.31. The van der Waals surface area contributed by atoms with Crippen LogP contribution < -0.4 is 14.8 Å². The monoisotopic (exact) mass is 354 g/mol. The minimum absolute atomic E-state index is 0.115. The summed E-state index contributed by atoms with van der Waals surface area (Å²) < 4.78 is 34.1. The lowest BCUT2D eigenvalue weighted by Gasteiger charge is -2.46. The molecule has 0 spiro atoms. The van der Waals surface area contributed by atoms with E-state index >= 15 is 0 Å². The Hall–Kier alpha value is -1.11. The normalized spacial score (nSPS) is 20.8. The second kappa shape index (κ2) is 6.65. The quantitative estimate of drug-likeness (QED) is 0.853. The van der Waals surface area contributed by atoms with Crippen LogP contribution in [0.25, 0.3) is 0 Å². The standard InChI is InChI=1S/C18H30N2O3S/c1-7-13-8-9-15(23-6)16(10-13)24(21,22)19-14-11-17(2,3)20-18(4,5)12-14/h8-10,14,19-20H,7,11-12H2,1-6H3. The molecule has 0 saturated carbocycles. The molecule has 1 saturated heterocycles. The maximum Gasteiger partial charge on any atom is 0.244 e. The molecule has 1 aromatic rings. The van der Waals surface area contributed by atoms with E-state index in [1.807, 2.05) is 13.0 Å². The summed E-state index contributed by atoms with van der Waals surface area (Å²) >= 11 is 0. The fourth-order valence-electron chi connectivity index (χ4n) is 3.84. The lowest BCUT2D eigenvalue weighted by atomic mass is 9.80. The van der Waals surface area contributed by atoms with Crippen molar-refractivity contribution in [1.82, 2.24) is 10.0 Å². The number of methoxy groups -OCH3 is 1. The number of rotatable bonds is 5. The predicted octanol–water partition coefficient (Wildman–Crippen LogP) is 2.85. The molecule has 5 nitrogen and oxygen atoms in total. The van der Waals surface area contributed by atoms with Crippen molar-refractivity contribution in [2.24, 2.45) is 0 Å². The van der Waals surface area contributed by atoms with Crippen LogP contribution in [0.1, 0.15) is 53.0 Å². The molecular formula is C18H30N2O3S. The van der Waals surface area contributed by atoms with Crippen molar-refractivity contribution in [3.8, 4) is 5.75 Å². The molecule has 1 fully saturated rings. The van der Waals surface area contributed by atoms with Gasteiger partial charge in [-0.2, -0.15) is 0 Å². The van der Waals surface area contributed by atoms with E-state index in [9.17, 15) is 8.42 Å². The topological polar surface area (TPSA) is 67.4 Å². The van der Waals surface area contributed by atoms with Crippen LogP contribution >= 0.6 is 0 Å². The Morgan fingerprint density at radius 3 is 2.29 bits per heavy atom. The third kappa shape index (κ3) is 4.49. The van der Waals surface area contributed by atoms with Gasteiger partial charge in [0.25, 0.3) is 0 Å². The number of piperidine rings is 1. The summed E-state index contributed by atoms with van der Waals surface area (Å²) in [5, 5.41) is 3.57. The van der Waals surface area contributed by atoms with Crippen molar-refractivity contribution in [1.29, 1.82) is 0 Å². The van der Waals surface area contributed by atoms with Gasteiger partial charge in [0, 0.05) is 17.1 Å². The van der Waals surface area contributed by atoms with E-state index in [0.29, 0.717) is 5.75 Å². The predicted molar refractivity (Wildman–Crippen MR) is 97.0 cm³/mol. The first kappa shape index (κ1) is 19.2. The Morgan fingerprint density at radius 2 is 1.79 bits per heavy atom. The van der Waals surface area contributed by atoms with E-state index in [2.05, 4.69) is 37.7 Å². The average molecular weight is 355 g/mol. The number of hydrogen-bond acceptors (Lipinski definition) is 4. The van der Waals surface area contributed by atoms with Gasteiger partial charge < -0.3 is 10.1 Å². The number of aryl methyl sites for hydroxylation is 1. The van der Waals surface area contributed by atoms with Crippen molar-refractivity contribution >= 4 is 10.0 Å². The molecular weight excluding hydrogens is 324 g/mol. The van der Waals surface area contributed by atoms with Crippen molar-refractivity contribution < 1.29 is 13.2 Å². The molecule has 0 radical (unpaired) electrons. The SMILES string of the molecule is CCc1ccc(OC)c(S(=O)(=O)NC2CC(C)(C)NC(C)(C)C2)c1. The molecule has 2 rings (SSSR count). The van der Waals surface area contributed by atoms with Crippen molar-refractivity contribution in [3.63, 3.8) is 0 Å². The molecule has 0 amide bonds. The summed E-state index contributed by atoms with van der Waals surface area (Å²) in [5.41, 5.74) is 0.733. The minimum atomic E-state index is -3.64. The third-order valence-corrected chi connectivity index (χ3v) is 5.98. The molecule has 0 aromatic heterocycles. The zero-order valence-corrected chi connectivity index (χ0v) is 16.4. The minimum Gasteiger partial charge on any atom is -0.495 e. The Bertz CT molecular complexity index is 680. The molecule has 2 N–H and O–H groups in total.